The number of hydrogen-bond acceptors (Lipinski definition) is 4. The van der Waals surface area contributed by atoms with Gasteiger partial charge in [-0.3, -0.25) is 5.43 Å². The van der Waals surface area contributed by atoms with Gasteiger partial charge in [-0.15, -0.1) is 0 Å². The standard InChI is InChI=1S/C14H22N4OS/c1-5-18(6-2)12-8-7-11(13(19)9-12)10-15-16-14(20)17(3)4/h7-10,19H,5-6H2,1-4H3,(H,16,20)/b15-10+. The molecular weight excluding hydrogens is 272 g/mol. The molecule has 0 unspecified atom stereocenters. The summed E-state index contributed by atoms with van der Waals surface area (Å²) in [6.07, 6.45) is 1.55. The SMILES string of the molecule is CCN(CC)c1ccc(/C=N/NC(=S)N(C)C)c(O)c1. The number of nitrogens with one attached hydrogen (secondary N) is 1. The van der Waals surface area contributed by atoms with Gasteiger partial charge in [-0.2, -0.15) is 5.10 Å². The van der Waals surface area contributed by atoms with Crippen LogP contribution in [0.25, 0.3) is 0 Å². The summed E-state index contributed by atoms with van der Waals surface area (Å²) in [7, 11) is 3.67. The number of rotatable bonds is 5. The fourth-order valence-corrected chi connectivity index (χ4v) is 1.74. The largest absolute Gasteiger partial charge is 0.507 e. The third-order valence-electron chi connectivity index (χ3n) is 2.91. The van der Waals surface area contributed by atoms with Crippen LogP contribution in [0.2, 0.25) is 0 Å². The van der Waals surface area contributed by atoms with Crippen molar-refractivity contribution in [3.63, 3.8) is 0 Å². The van der Waals surface area contributed by atoms with Crippen molar-refractivity contribution in [2.45, 2.75) is 13.8 Å². The monoisotopic (exact) mass is 294 g/mol. The topological polar surface area (TPSA) is 51.1 Å². The summed E-state index contributed by atoms with van der Waals surface area (Å²) in [4.78, 5) is 3.91. The number of hydrogen-bond donors (Lipinski definition) is 2. The van der Waals surface area contributed by atoms with Gasteiger partial charge in [0.1, 0.15) is 5.75 Å². The normalized spacial score (nSPS) is 10.6. The van der Waals surface area contributed by atoms with Gasteiger partial charge in [-0.25, -0.2) is 0 Å². The molecule has 5 nitrogen and oxygen atoms in total. The number of hydrazone groups is 1. The molecule has 0 aliphatic carbocycles. The smallest absolute Gasteiger partial charge is 0.189 e. The van der Waals surface area contributed by atoms with Gasteiger partial charge in [-0.05, 0) is 38.2 Å². The number of phenolic OH excluding ortho intramolecular Hbond substituents is 1. The number of aromatic hydroxyl groups is 1. The lowest BCUT2D eigenvalue weighted by atomic mass is 10.2. The third-order valence-corrected chi connectivity index (χ3v) is 3.37. The van der Waals surface area contributed by atoms with Gasteiger partial charge in [-0.1, -0.05) is 0 Å². The Bertz CT molecular complexity index is 484. The molecule has 0 aromatic heterocycles. The summed E-state index contributed by atoms with van der Waals surface area (Å²) in [6, 6.07) is 5.56. The molecule has 0 heterocycles. The van der Waals surface area contributed by atoms with Crippen LogP contribution in [0.1, 0.15) is 19.4 Å². The van der Waals surface area contributed by atoms with Crippen molar-refractivity contribution in [3.8, 4) is 5.75 Å². The Hall–Kier alpha value is -1.82. The van der Waals surface area contributed by atoms with E-state index in [4.69, 9.17) is 12.2 Å². The van der Waals surface area contributed by atoms with Gasteiger partial charge in [0, 0.05) is 44.5 Å². The molecule has 1 rings (SSSR count). The second kappa shape index (κ2) is 7.69. The maximum Gasteiger partial charge on any atom is 0.189 e. The fourth-order valence-electron chi connectivity index (χ4n) is 1.68. The second-order valence-electron chi connectivity index (χ2n) is 4.48. The predicted molar refractivity (Wildman–Crippen MR) is 88.7 cm³/mol. The van der Waals surface area contributed by atoms with Crippen LogP contribution in [0, 0.1) is 0 Å². The summed E-state index contributed by atoms with van der Waals surface area (Å²) in [5.74, 6) is 0.204. The number of thiocarbonyl (C=S) groups is 1. The Morgan fingerprint density at radius 2 is 2.00 bits per heavy atom. The zero-order chi connectivity index (χ0) is 15.1. The summed E-state index contributed by atoms with van der Waals surface area (Å²) < 4.78 is 0. The number of nitrogens with zero attached hydrogens (tertiary/aromatic N) is 3. The van der Waals surface area contributed by atoms with Crippen LogP contribution in [0.5, 0.6) is 5.75 Å². The number of anilines is 1. The minimum Gasteiger partial charge on any atom is -0.507 e. The molecule has 110 valence electrons. The van der Waals surface area contributed by atoms with Gasteiger partial charge < -0.3 is 14.9 Å². The maximum absolute atomic E-state index is 10.0. The fraction of sp³-hybridized carbons (Fsp3) is 0.429. The van der Waals surface area contributed by atoms with E-state index >= 15 is 0 Å². The molecule has 0 bridgehead atoms. The Morgan fingerprint density at radius 1 is 1.35 bits per heavy atom. The number of phenols is 1. The highest BCUT2D eigenvalue weighted by molar-refractivity contribution is 7.80. The Labute approximate surface area is 125 Å². The Kier molecular flexibility index (Phi) is 6.24. The van der Waals surface area contributed by atoms with Gasteiger partial charge in [0.25, 0.3) is 0 Å². The van der Waals surface area contributed by atoms with Crippen molar-refractivity contribution < 1.29 is 5.11 Å². The maximum atomic E-state index is 10.0. The van der Waals surface area contributed by atoms with E-state index in [0.29, 0.717) is 10.7 Å². The Morgan fingerprint density at radius 3 is 2.50 bits per heavy atom. The van der Waals surface area contributed by atoms with Crippen molar-refractivity contribution >= 4 is 29.2 Å². The van der Waals surface area contributed by atoms with Gasteiger partial charge in [0.05, 0.1) is 6.21 Å². The van der Waals surface area contributed by atoms with Gasteiger partial charge in [0.2, 0.25) is 0 Å². The van der Waals surface area contributed by atoms with Gasteiger partial charge >= 0.3 is 0 Å². The molecular formula is C14H22N4OS. The van der Waals surface area contributed by atoms with E-state index in [0.717, 1.165) is 18.8 Å². The lowest BCUT2D eigenvalue weighted by Gasteiger charge is -2.21. The lowest BCUT2D eigenvalue weighted by Crippen LogP contribution is -2.30. The van der Waals surface area contributed by atoms with E-state index in [-0.39, 0.29) is 5.75 Å². The molecule has 1 aromatic carbocycles. The van der Waals surface area contributed by atoms with Crippen molar-refractivity contribution in [2.75, 3.05) is 32.1 Å². The summed E-state index contributed by atoms with van der Waals surface area (Å²) in [6.45, 7) is 5.98. The third kappa shape index (κ3) is 4.38. The molecule has 0 aliphatic heterocycles. The van der Waals surface area contributed by atoms with Crippen molar-refractivity contribution in [1.82, 2.24) is 10.3 Å². The first-order chi connectivity index (χ1) is 9.49. The molecule has 0 radical (unpaired) electrons. The van der Waals surface area contributed by atoms with E-state index < -0.39 is 0 Å². The summed E-state index contributed by atoms with van der Waals surface area (Å²) in [5.41, 5.74) is 4.37. The molecule has 0 saturated carbocycles. The van der Waals surface area contributed by atoms with Crippen LogP contribution in [0.4, 0.5) is 5.69 Å². The van der Waals surface area contributed by atoms with Crippen molar-refractivity contribution in [3.05, 3.63) is 23.8 Å². The van der Waals surface area contributed by atoms with Crippen molar-refractivity contribution in [1.29, 1.82) is 0 Å². The molecule has 0 spiro atoms. The average molecular weight is 294 g/mol. The van der Waals surface area contributed by atoms with Crippen LogP contribution in [-0.4, -0.2) is 48.5 Å². The lowest BCUT2D eigenvalue weighted by molar-refractivity contribution is 0.474. The minimum absolute atomic E-state index is 0.204. The molecule has 0 saturated heterocycles. The Balaban J connectivity index is 2.78. The first-order valence-electron chi connectivity index (χ1n) is 6.57. The molecule has 6 heteroatoms. The van der Waals surface area contributed by atoms with Crippen LogP contribution < -0.4 is 10.3 Å². The van der Waals surface area contributed by atoms with Crippen LogP contribution in [0.15, 0.2) is 23.3 Å². The van der Waals surface area contributed by atoms with E-state index in [1.54, 1.807) is 17.2 Å². The average Bonchev–Trinajstić information content (AvgIpc) is 2.42. The zero-order valence-corrected chi connectivity index (χ0v) is 13.2. The quantitative estimate of drug-likeness (QED) is 0.494. The summed E-state index contributed by atoms with van der Waals surface area (Å²) >= 11 is 5.04. The minimum atomic E-state index is 0.204. The van der Waals surface area contributed by atoms with Gasteiger partial charge in [0.15, 0.2) is 5.11 Å². The first kappa shape index (κ1) is 16.2. The highest BCUT2D eigenvalue weighted by Crippen LogP contribution is 2.23. The number of benzene rings is 1. The summed E-state index contributed by atoms with van der Waals surface area (Å²) in [5, 5.41) is 14.5. The second-order valence-corrected chi connectivity index (χ2v) is 4.87. The highest BCUT2D eigenvalue weighted by Gasteiger charge is 2.05. The molecule has 0 atom stereocenters. The molecule has 1 aromatic rings. The molecule has 0 aliphatic rings. The van der Waals surface area contributed by atoms with E-state index in [2.05, 4.69) is 29.3 Å². The molecule has 0 fully saturated rings. The molecule has 0 amide bonds. The van der Waals surface area contributed by atoms with E-state index in [9.17, 15) is 5.11 Å². The first-order valence-corrected chi connectivity index (χ1v) is 6.98. The van der Waals surface area contributed by atoms with Crippen LogP contribution in [0.3, 0.4) is 0 Å². The van der Waals surface area contributed by atoms with E-state index in [1.165, 1.54) is 0 Å². The van der Waals surface area contributed by atoms with Crippen LogP contribution in [-0.2, 0) is 0 Å². The van der Waals surface area contributed by atoms with Crippen LogP contribution >= 0.6 is 12.2 Å². The van der Waals surface area contributed by atoms with E-state index in [1.807, 2.05) is 26.2 Å². The molecule has 20 heavy (non-hydrogen) atoms. The highest BCUT2D eigenvalue weighted by atomic mass is 32.1. The molecule has 2 N–H and O–H groups in total. The predicted octanol–water partition coefficient (Wildman–Crippen LogP) is 2.01. The van der Waals surface area contributed by atoms with Crippen molar-refractivity contribution in [2.24, 2.45) is 5.10 Å². The zero-order valence-electron chi connectivity index (χ0n) is 12.4.